The van der Waals surface area contributed by atoms with Crippen LogP contribution < -0.4 is 10.1 Å². The maximum Gasteiger partial charge on any atom is 0.277 e. The SMILES string of the molecule is COc1ccc(NC(=O)CSc2nnc(CCc3nc4ccccc4s3)o2)cc1. The summed E-state index contributed by atoms with van der Waals surface area (Å²) in [5.41, 5.74) is 1.72. The summed E-state index contributed by atoms with van der Waals surface area (Å²) >= 11 is 2.89. The number of benzene rings is 2. The predicted octanol–water partition coefficient (Wildman–Crippen LogP) is 4.20. The van der Waals surface area contributed by atoms with Crippen molar-refractivity contribution in [2.45, 2.75) is 18.1 Å². The number of ether oxygens (including phenoxy) is 1. The van der Waals surface area contributed by atoms with Gasteiger partial charge in [0.2, 0.25) is 11.8 Å². The van der Waals surface area contributed by atoms with Gasteiger partial charge in [-0.25, -0.2) is 4.98 Å². The third-order valence-electron chi connectivity index (χ3n) is 4.04. The molecule has 0 fully saturated rings. The number of rotatable bonds is 8. The molecule has 4 rings (SSSR count). The Bertz CT molecular complexity index is 1080. The van der Waals surface area contributed by atoms with Gasteiger partial charge in [0, 0.05) is 18.5 Å². The van der Waals surface area contributed by atoms with Gasteiger partial charge < -0.3 is 14.5 Å². The van der Waals surface area contributed by atoms with E-state index in [9.17, 15) is 4.79 Å². The van der Waals surface area contributed by atoms with Gasteiger partial charge in [-0.15, -0.1) is 21.5 Å². The van der Waals surface area contributed by atoms with Gasteiger partial charge in [-0.05, 0) is 36.4 Å². The smallest absolute Gasteiger partial charge is 0.277 e. The van der Waals surface area contributed by atoms with Gasteiger partial charge in [0.25, 0.3) is 5.22 Å². The van der Waals surface area contributed by atoms with Gasteiger partial charge in [-0.2, -0.15) is 0 Å². The summed E-state index contributed by atoms with van der Waals surface area (Å²) in [6.07, 6.45) is 1.36. The lowest BCUT2D eigenvalue weighted by atomic mass is 10.3. The number of hydrogen-bond donors (Lipinski definition) is 1. The molecule has 0 unspecified atom stereocenters. The number of methoxy groups -OCH3 is 1. The lowest BCUT2D eigenvalue weighted by molar-refractivity contribution is -0.113. The fraction of sp³-hybridized carbons (Fsp3) is 0.200. The van der Waals surface area contributed by atoms with Crippen molar-refractivity contribution in [3.63, 3.8) is 0 Å². The minimum Gasteiger partial charge on any atom is -0.497 e. The number of thiazole rings is 1. The van der Waals surface area contributed by atoms with Crippen LogP contribution in [0, 0.1) is 0 Å². The minimum absolute atomic E-state index is 0.144. The highest BCUT2D eigenvalue weighted by Gasteiger charge is 2.11. The first-order valence-corrected chi connectivity index (χ1v) is 10.7. The number of carbonyl (C=O) groups is 1. The Labute approximate surface area is 175 Å². The molecule has 0 aliphatic carbocycles. The summed E-state index contributed by atoms with van der Waals surface area (Å²) < 4.78 is 11.9. The molecule has 2 heterocycles. The van der Waals surface area contributed by atoms with Gasteiger partial charge in [-0.1, -0.05) is 23.9 Å². The van der Waals surface area contributed by atoms with Crippen LogP contribution in [0.15, 0.2) is 58.2 Å². The maximum absolute atomic E-state index is 12.1. The predicted molar refractivity (Wildman–Crippen MR) is 114 cm³/mol. The fourth-order valence-corrected chi connectivity index (χ4v) is 4.18. The molecule has 0 aliphatic rings. The Hall–Kier alpha value is -2.91. The molecule has 0 atom stereocenters. The Balaban J connectivity index is 1.25. The summed E-state index contributed by atoms with van der Waals surface area (Å²) in [6, 6.07) is 15.2. The molecule has 1 amide bonds. The van der Waals surface area contributed by atoms with Crippen molar-refractivity contribution in [2.75, 3.05) is 18.2 Å². The minimum atomic E-state index is -0.144. The lowest BCUT2D eigenvalue weighted by Crippen LogP contribution is -2.13. The zero-order valence-electron chi connectivity index (χ0n) is 15.6. The standard InChI is InChI=1S/C20H18N4O3S2/c1-26-14-8-6-13(7-9-14)21-17(25)12-28-20-24-23-18(27-20)10-11-19-22-15-4-2-3-5-16(15)29-19/h2-9H,10-12H2,1H3,(H,21,25). The molecule has 1 N–H and O–H groups in total. The molecule has 29 heavy (non-hydrogen) atoms. The largest absolute Gasteiger partial charge is 0.497 e. The van der Waals surface area contributed by atoms with Crippen LogP contribution in [0.5, 0.6) is 5.75 Å². The molecule has 0 radical (unpaired) electrons. The van der Waals surface area contributed by atoms with Crippen LogP contribution in [0.3, 0.4) is 0 Å². The molecule has 0 bridgehead atoms. The van der Waals surface area contributed by atoms with Gasteiger partial charge in [0.1, 0.15) is 5.75 Å². The van der Waals surface area contributed by atoms with Gasteiger partial charge in [-0.3, -0.25) is 4.79 Å². The van der Waals surface area contributed by atoms with Crippen LogP contribution in [0.4, 0.5) is 5.69 Å². The lowest BCUT2D eigenvalue weighted by Gasteiger charge is -2.05. The molecular formula is C20H18N4O3S2. The van der Waals surface area contributed by atoms with E-state index in [1.54, 1.807) is 42.7 Å². The highest BCUT2D eigenvalue weighted by atomic mass is 32.2. The highest BCUT2D eigenvalue weighted by molar-refractivity contribution is 7.99. The average molecular weight is 427 g/mol. The topological polar surface area (TPSA) is 90.1 Å². The summed E-state index contributed by atoms with van der Waals surface area (Å²) in [7, 11) is 1.60. The fourth-order valence-electron chi connectivity index (χ4n) is 2.64. The first-order valence-electron chi connectivity index (χ1n) is 8.93. The third kappa shape index (κ3) is 5.12. The Morgan fingerprint density at radius 2 is 1.97 bits per heavy atom. The number of nitrogens with zero attached hydrogens (tertiary/aromatic N) is 3. The van der Waals surface area contributed by atoms with Crippen LogP contribution >= 0.6 is 23.1 Å². The van der Waals surface area contributed by atoms with Crippen molar-refractivity contribution < 1.29 is 13.9 Å². The number of carbonyl (C=O) groups excluding carboxylic acids is 1. The zero-order chi connectivity index (χ0) is 20.1. The van der Waals surface area contributed by atoms with Gasteiger partial charge in [0.15, 0.2) is 0 Å². The van der Waals surface area contributed by atoms with E-state index in [-0.39, 0.29) is 11.7 Å². The quantitative estimate of drug-likeness (QED) is 0.422. The van der Waals surface area contributed by atoms with Crippen LogP contribution in [-0.4, -0.2) is 34.0 Å². The van der Waals surface area contributed by atoms with Crippen LogP contribution in [0.1, 0.15) is 10.9 Å². The van der Waals surface area contributed by atoms with E-state index < -0.39 is 0 Å². The van der Waals surface area contributed by atoms with Crippen LogP contribution in [0.2, 0.25) is 0 Å². The molecule has 148 valence electrons. The van der Waals surface area contributed by atoms with Crippen molar-refractivity contribution in [2.24, 2.45) is 0 Å². The second-order valence-electron chi connectivity index (χ2n) is 6.10. The summed E-state index contributed by atoms with van der Waals surface area (Å²) in [6.45, 7) is 0. The number of hydrogen-bond acceptors (Lipinski definition) is 8. The first-order chi connectivity index (χ1) is 14.2. The Morgan fingerprint density at radius 1 is 1.14 bits per heavy atom. The molecular weight excluding hydrogens is 408 g/mol. The number of amides is 1. The van der Waals surface area contributed by atoms with Crippen LogP contribution in [-0.2, 0) is 17.6 Å². The average Bonchev–Trinajstić information content (AvgIpc) is 3.37. The summed E-state index contributed by atoms with van der Waals surface area (Å²) in [5, 5.41) is 12.3. The van der Waals surface area contributed by atoms with E-state index in [1.807, 2.05) is 18.2 Å². The van der Waals surface area contributed by atoms with Crippen molar-refractivity contribution in [3.05, 3.63) is 59.4 Å². The number of thioether (sulfide) groups is 1. The van der Waals surface area contributed by atoms with E-state index in [2.05, 4.69) is 26.6 Å². The van der Waals surface area contributed by atoms with E-state index in [0.717, 1.165) is 22.7 Å². The number of aryl methyl sites for hydroxylation is 2. The van der Waals surface area contributed by atoms with E-state index in [0.29, 0.717) is 23.2 Å². The molecule has 0 saturated heterocycles. The number of anilines is 1. The van der Waals surface area contributed by atoms with Crippen molar-refractivity contribution in [1.82, 2.24) is 15.2 Å². The highest BCUT2D eigenvalue weighted by Crippen LogP contribution is 2.23. The summed E-state index contributed by atoms with van der Waals surface area (Å²) in [5.74, 6) is 1.32. The van der Waals surface area contributed by atoms with E-state index in [1.165, 1.54) is 16.5 Å². The molecule has 0 spiro atoms. The van der Waals surface area contributed by atoms with Crippen LogP contribution in [0.25, 0.3) is 10.2 Å². The molecule has 9 heteroatoms. The molecule has 0 saturated carbocycles. The van der Waals surface area contributed by atoms with Crippen molar-refractivity contribution >= 4 is 44.9 Å². The Morgan fingerprint density at radius 3 is 2.76 bits per heavy atom. The molecule has 4 aromatic rings. The second kappa shape index (κ2) is 9.06. The van der Waals surface area contributed by atoms with E-state index >= 15 is 0 Å². The zero-order valence-corrected chi connectivity index (χ0v) is 17.3. The second-order valence-corrected chi connectivity index (χ2v) is 8.14. The maximum atomic E-state index is 12.1. The monoisotopic (exact) mass is 426 g/mol. The van der Waals surface area contributed by atoms with E-state index in [4.69, 9.17) is 9.15 Å². The normalized spacial score (nSPS) is 10.9. The Kier molecular flexibility index (Phi) is 6.06. The number of aromatic nitrogens is 3. The number of nitrogens with one attached hydrogen (secondary N) is 1. The summed E-state index contributed by atoms with van der Waals surface area (Å²) in [4.78, 5) is 16.7. The molecule has 2 aromatic heterocycles. The third-order valence-corrected chi connectivity index (χ3v) is 5.95. The van der Waals surface area contributed by atoms with Crippen molar-refractivity contribution in [1.29, 1.82) is 0 Å². The molecule has 2 aromatic carbocycles. The molecule has 0 aliphatic heterocycles. The van der Waals surface area contributed by atoms with Crippen molar-refractivity contribution in [3.8, 4) is 5.75 Å². The van der Waals surface area contributed by atoms with Gasteiger partial charge in [0.05, 0.1) is 28.1 Å². The molecule has 7 nitrogen and oxygen atoms in total. The van der Waals surface area contributed by atoms with Gasteiger partial charge >= 0.3 is 0 Å². The number of para-hydroxylation sites is 1. The number of fused-ring (bicyclic) bond motifs is 1. The first kappa shape index (κ1) is 19.4.